The standard InChI is InChI=1S/C27H30F3N7O/c1-17-16-32-35(3)26(17)20-4-5-22-23(13-20)34-24(33-22)14-21-12-19(6-7-31-21)18(2)36-8-10-37(11-9-36)25(38)15-27(28,29)30/h4-7,12-13,16,18H,8-11,14-15H2,1-3H3,(H,33,34). The lowest BCUT2D eigenvalue weighted by Crippen LogP contribution is -2.50. The van der Waals surface area contributed by atoms with Gasteiger partial charge in [0.2, 0.25) is 5.91 Å². The summed E-state index contributed by atoms with van der Waals surface area (Å²) in [5.74, 6) is -0.0441. The van der Waals surface area contributed by atoms with Crippen LogP contribution in [-0.4, -0.2) is 72.8 Å². The summed E-state index contributed by atoms with van der Waals surface area (Å²) < 4.78 is 39.6. The van der Waals surface area contributed by atoms with Crippen LogP contribution in [0.1, 0.15) is 42.0 Å². The van der Waals surface area contributed by atoms with E-state index in [0.717, 1.165) is 44.9 Å². The summed E-state index contributed by atoms with van der Waals surface area (Å²) in [6.45, 7) is 5.72. The van der Waals surface area contributed by atoms with Crippen LogP contribution in [0, 0.1) is 6.92 Å². The third-order valence-corrected chi connectivity index (χ3v) is 7.16. The Morgan fingerprint density at radius 1 is 1.13 bits per heavy atom. The Hall–Kier alpha value is -3.73. The van der Waals surface area contributed by atoms with Crippen LogP contribution in [0.3, 0.4) is 0 Å². The number of rotatable bonds is 6. The lowest BCUT2D eigenvalue weighted by atomic mass is 10.1. The zero-order valence-corrected chi connectivity index (χ0v) is 21.6. The van der Waals surface area contributed by atoms with Gasteiger partial charge in [0.25, 0.3) is 0 Å². The average molecular weight is 526 g/mol. The first-order valence-electron chi connectivity index (χ1n) is 12.6. The third-order valence-electron chi connectivity index (χ3n) is 7.16. The molecule has 1 aromatic carbocycles. The number of amides is 1. The number of carbonyl (C=O) groups is 1. The molecule has 8 nitrogen and oxygen atoms in total. The number of pyridine rings is 1. The fourth-order valence-corrected chi connectivity index (χ4v) is 5.13. The van der Waals surface area contributed by atoms with Crippen LogP contribution in [0.4, 0.5) is 13.2 Å². The van der Waals surface area contributed by atoms with Crippen molar-refractivity contribution in [3.8, 4) is 11.3 Å². The van der Waals surface area contributed by atoms with Crippen LogP contribution in [0.5, 0.6) is 0 Å². The quantitative estimate of drug-likeness (QED) is 0.403. The largest absolute Gasteiger partial charge is 0.397 e. The highest BCUT2D eigenvalue weighted by atomic mass is 19.4. The maximum Gasteiger partial charge on any atom is 0.397 e. The summed E-state index contributed by atoms with van der Waals surface area (Å²) in [7, 11) is 1.93. The second-order valence-electron chi connectivity index (χ2n) is 9.86. The molecule has 4 aromatic rings. The van der Waals surface area contributed by atoms with Gasteiger partial charge in [-0.25, -0.2) is 4.98 Å². The van der Waals surface area contributed by atoms with Crippen molar-refractivity contribution in [2.24, 2.45) is 7.05 Å². The van der Waals surface area contributed by atoms with E-state index in [0.29, 0.717) is 19.5 Å². The molecule has 0 spiro atoms. The zero-order valence-electron chi connectivity index (χ0n) is 21.6. The monoisotopic (exact) mass is 525 g/mol. The Morgan fingerprint density at radius 2 is 1.89 bits per heavy atom. The topological polar surface area (TPSA) is 82.9 Å². The predicted molar refractivity (Wildman–Crippen MR) is 137 cm³/mol. The first kappa shape index (κ1) is 25.9. The third kappa shape index (κ3) is 5.57. The summed E-state index contributed by atoms with van der Waals surface area (Å²) in [5.41, 5.74) is 7.00. The Bertz CT molecular complexity index is 1430. The van der Waals surface area contributed by atoms with Crippen LogP contribution < -0.4 is 0 Å². The van der Waals surface area contributed by atoms with Crippen LogP contribution in [-0.2, 0) is 18.3 Å². The van der Waals surface area contributed by atoms with Crippen molar-refractivity contribution in [3.63, 3.8) is 0 Å². The summed E-state index contributed by atoms with van der Waals surface area (Å²) in [6, 6.07) is 10.2. The van der Waals surface area contributed by atoms with Gasteiger partial charge in [0.15, 0.2) is 0 Å². The Balaban J connectivity index is 1.25. The van der Waals surface area contributed by atoms with E-state index in [1.165, 1.54) is 4.90 Å². The minimum Gasteiger partial charge on any atom is -0.342 e. The molecule has 11 heteroatoms. The van der Waals surface area contributed by atoms with E-state index < -0.39 is 18.5 Å². The van der Waals surface area contributed by atoms with E-state index in [1.54, 1.807) is 6.20 Å². The van der Waals surface area contributed by atoms with Gasteiger partial charge >= 0.3 is 6.18 Å². The second-order valence-corrected chi connectivity index (χ2v) is 9.86. The summed E-state index contributed by atoms with van der Waals surface area (Å²) >= 11 is 0. The maximum atomic E-state index is 12.6. The number of halogens is 3. The Kier molecular flexibility index (Phi) is 6.95. The van der Waals surface area contributed by atoms with E-state index in [2.05, 4.69) is 33.0 Å². The number of nitrogens with one attached hydrogen (secondary N) is 1. The highest BCUT2D eigenvalue weighted by molar-refractivity contribution is 5.82. The van der Waals surface area contributed by atoms with Crippen LogP contribution in [0.2, 0.25) is 0 Å². The summed E-state index contributed by atoms with van der Waals surface area (Å²) in [4.78, 5) is 28.1. The molecule has 0 radical (unpaired) electrons. The minimum absolute atomic E-state index is 0.0389. The van der Waals surface area contributed by atoms with Crippen molar-refractivity contribution < 1.29 is 18.0 Å². The van der Waals surface area contributed by atoms with Gasteiger partial charge in [0.1, 0.15) is 12.2 Å². The summed E-state index contributed by atoms with van der Waals surface area (Å²) in [6.07, 6.45) is -1.71. The lowest BCUT2D eigenvalue weighted by molar-refractivity contribution is -0.162. The molecule has 1 aliphatic rings. The maximum absolute atomic E-state index is 12.6. The number of H-pyrrole nitrogens is 1. The Morgan fingerprint density at radius 3 is 2.58 bits per heavy atom. The van der Waals surface area contributed by atoms with Crippen molar-refractivity contribution in [2.75, 3.05) is 26.2 Å². The van der Waals surface area contributed by atoms with E-state index in [-0.39, 0.29) is 19.1 Å². The molecule has 1 fully saturated rings. The highest BCUT2D eigenvalue weighted by Crippen LogP contribution is 2.27. The summed E-state index contributed by atoms with van der Waals surface area (Å²) in [5, 5.41) is 4.33. The SMILES string of the molecule is Cc1cnn(C)c1-c1ccc2nc(Cc3cc(C(C)N4CCN(C(=O)CC(F)(F)F)CC4)ccn3)[nH]c2c1. The number of aromatic amines is 1. The van der Waals surface area contributed by atoms with Crippen LogP contribution in [0.25, 0.3) is 22.3 Å². The number of imidazole rings is 1. The van der Waals surface area contributed by atoms with Gasteiger partial charge in [-0.2, -0.15) is 18.3 Å². The number of alkyl halides is 3. The van der Waals surface area contributed by atoms with Gasteiger partial charge in [0, 0.05) is 63.1 Å². The number of aromatic nitrogens is 5. The first-order valence-corrected chi connectivity index (χ1v) is 12.6. The van der Waals surface area contributed by atoms with E-state index in [9.17, 15) is 18.0 Å². The van der Waals surface area contributed by atoms with Crippen molar-refractivity contribution in [2.45, 2.75) is 38.9 Å². The number of hydrogen-bond donors (Lipinski definition) is 1. The molecule has 1 atom stereocenters. The molecule has 0 saturated carbocycles. The molecular weight excluding hydrogens is 495 g/mol. The molecule has 3 aromatic heterocycles. The molecule has 0 bridgehead atoms. The average Bonchev–Trinajstić information content (AvgIpc) is 3.43. The van der Waals surface area contributed by atoms with Crippen molar-refractivity contribution in [1.82, 2.24) is 34.5 Å². The van der Waals surface area contributed by atoms with E-state index in [4.69, 9.17) is 4.98 Å². The number of piperazine rings is 1. The van der Waals surface area contributed by atoms with Gasteiger partial charge in [0.05, 0.1) is 22.9 Å². The zero-order chi connectivity index (χ0) is 27.0. The Labute approximate surface area is 218 Å². The normalized spacial score (nSPS) is 15.8. The number of fused-ring (bicyclic) bond motifs is 1. The minimum atomic E-state index is -4.48. The van der Waals surface area contributed by atoms with Crippen LogP contribution in [0.15, 0.2) is 42.7 Å². The van der Waals surface area contributed by atoms with Gasteiger partial charge in [-0.15, -0.1) is 0 Å². The number of aryl methyl sites for hydroxylation is 2. The molecule has 200 valence electrons. The first-order chi connectivity index (χ1) is 18.1. The molecule has 1 unspecified atom stereocenters. The molecule has 1 aliphatic heterocycles. The lowest BCUT2D eigenvalue weighted by Gasteiger charge is -2.38. The van der Waals surface area contributed by atoms with E-state index in [1.807, 2.05) is 49.1 Å². The molecule has 0 aliphatic carbocycles. The molecule has 38 heavy (non-hydrogen) atoms. The molecule has 1 amide bonds. The van der Waals surface area contributed by atoms with Crippen molar-refractivity contribution in [1.29, 1.82) is 0 Å². The molecule has 1 saturated heterocycles. The van der Waals surface area contributed by atoms with Crippen molar-refractivity contribution in [3.05, 3.63) is 65.4 Å². The second kappa shape index (κ2) is 10.2. The fraction of sp³-hybridized carbons (Fsp3) is 0.407. The number of carbonyl (C=O) groups excluding carboxylic acids is 1. The van der Waals surface area contributed by atoms with Gasteiger partial charge in [-0.1, -0.05) is 6.07 Å². The van der Waals surface area contributed by atoms with Gasteiger partial charge < -0.3 is 9.88 Å². The predicted octanol–water partition coefficient (Wildman–Crippen LogP) is 4.42. The smallest absolute Gasteiger partial charge is 0.342 e. The highest BCUT2D eigenvalue weighted by Gasteiger charge is 2.35. The van der Waals surface area contributed by atoms with Gasteiger partial charge in [-0.05, 0) is 49.2 Å². The molecule has 4 heterocycles. The number of benzene rings is 1. The van der Waals surface area contributed by atoms with Gasteiger partial charge in [-0.3, -0.25) is 19.4 Å². The van der Waals surface area contributed by atoms with Crippen LogP contribution >= 0.6 is 0 Å². The van der Waals surface area contributed by atoms with E-state index >= 15 is 0 Å². The fourth-order valence-electron chi connectivity index (χ4n) is 5.13. The molecule has 1 N–H and O–H groups in total. The number of nitrogens with zero attached hydrogens (tertiary/aromatic N) is 6. The molecular formula is C27H30F3N7O. The van der Waals surface area contributed by atoms with Crippen molar-refractivity contribution >= 4 is 16.9 Å². The molecule has 5 rings (SSSR count). The number of hydrogen-bond acceptors (Lipinski definition) is 5.